The number of aliphatic carboxylic acids is 1. The van der Waals surface area contributed by atoms with Crippen molar-refractivity contribution in [1.29, 1.82) is 0 Å². The normalized spacial score (nSPS) is 21.7. The Hall–Kier alpha value is -3.23. The van der Waals surface area contributed by atoms with Crippen molar-refractivity contribution in [2.45, 2.75) is 50.4 Å². The zero-order chi connectivity index (χ0) is 27.6. The summed E-state index contributed by atoms with van der Waals surface area (Å²) < 4.78 is 12.2. The highest BCUT2D eigenvalue weighted by molar-refractivity contribution is 6.30. The van der Waals surface area contributed by atoms with Crippen molar-refractivity contribution in [3.05, 3.63) is 100 Å². The summed E-state index contributed by atoms with van der Waals surface area (Å²) in [5.41, 5.74) is 1.28. The minimum Gasteiger partial charge on any atom is -0.479 e. The number of nitrogens with zero attached hydrogens (tertiary/aromatic N) is 2. The van der Waals surface area contributed by atoms with Crippen LogP contribution in [0.5, 0.6) is 5.88 Å². The summed E-state index contributed by atoms with van der Waals surface area (Å²) in [6.07, 6.45) is 12.9. The van der Waals surface area contributed by atoms with Crippen LogP contribution in [0.25, 0.3) is 5.57 Å². The molecule has 0 saturated carbocycles. The number of aliphatic hydroxyl groups is 1. The van der Waals surface area contributed by atoms with Crippen LogP contribution in [-0.4, -0.2) is 57.4 Å². The van der Waals surface area contributed by atoms with E-state index >= 15 is 0 Å². The SMILES string of the molecule is CC(C)(OC1C=CC=C2Oc3ncccc3C(=CCCN3CCC(O)(c4ccc(Cl)cc4)CC3)C=C21)C(=O)O. The van der Waals surface area contributed by atoms with Gasteiger partial charge in [-0.15, -0.1) is 0 Å². The maximum atomic E-state index is 11.7. The van der Waals surface area contributed by atoms with E-state index in [0.717, 1.165) is 48.3 Å². The molecule has 0 bridgehead atoms. The van der Waals surface area contributed by atoms with Crippen molar-refractivity contribution in [2.24, 2.45) is 0 Å². The largest absolute Gasteiger partial charge is 0.479 e. The number of fused-ring (bicyclic) bond motifs is 2. The van der Waals surface area contributed by atoms with Crippen LogP contribution in [0.4, 0.5) is 0 Å². The number of pyridine rings is 1. The predicted octanol–water partition coefficient (Wildman–Crippen LogP) is 5.51. The van der Waals surface area contributed by atoms with E-state index in [2.05, 4.69) is 16.0 Å². The van der Waals surface area contributed by atoms with Gasteiger partial charge in [-0.25, -0.2) is 9.78 Å². The third kappa shape index (κ3) is 6.02. The molecule has 3 heterocycles. The first-order valence-electron chi connectivity index (χ1n) is 13.2. The highest BCUT2D eigenvalue weighted by Crippen LogP contribution is 2.38. The lowest BCUT2D eigenvalue weighted by Gasteiger charge is -2.38. The van der Waals surface area contributed by atoms with Gasteiger partial charge >= 0.3 is 5.97 Å². The molecule has 5 rings (SSSR count). The van der Waals surface area contributed by atoms with Crippen LogP contribution in [-0.2, 0) is 15.1 Å². The molecule has 1 aromatic heterocycles. The molecule has 3 aliphatic rings. The fourth-order valence-corrected chi connectivity index (χ4v) is 5.23. The van der Waals surface area contributed by atoms with Crippen molar-refractivity contribution in [3.8, 4) is 5.88 Å². The fourth-order valence-electron chi connectivity index (χ4n) is 5.11. The molecule has 8 heteroatoms. The number of ether oxygens (including phenoxy) is 2. The second kappa shape index (κ2) is 11.1. The van der Waals surface area contributed by atoms with Crippen molar-refractivity contribution in [1.82, 2.24) is 9.88 Å². The van der Waals surface area contributed by atoms with E-state index in [4.69, 9.17) is 21.1 Å². The quantitative estimate of drug-likeness (QED) is 0.471. The van der Waals surface area contributed by atoms with E-state index in [1.807, 2.05) is 60.7 Å². The molecule has 2 aromatic rings. The van der Waals surface area contributed by atoms with Gasteiger partial charge in [0.2, 0.25) is 5.88 Å². The number of aromatic nitrogens is 1. The third-order valence-corrected chi connectivity index (χ3v) is 7.79. The van der Waals surface area contributed by atoms with Crippen LogP contribution in [0.15, 0.2) is 84.3 Å². The van der Waals surface area contributed by atoms with Crippen LogP contribution in [0.3, 0.4) is 0 Å². The first kappa shape index (κ1) is 27.3. The Kier molecular flexibility index (Phi) is 7.78. The Balaban J connectivity index is 1.32. The lowest BCUT2D eigenvalue weighted by Crippen LogP contribution is -2.42. The summed E-state index contributed by atoms with van der Waals surface area (Å²) in [6, 6.07) is 11.3. The van der Waals surface area contributed by atoms with Crippen LogP contribution in [0.2, 0.25) is 5.02 Å². The molecule has 7 nitrogen and oxygen atoms in total. The number of carboxylic acids is 1. The maximum absolute atomic E-state index is 11.7. The predicted molar refractivity (Wildman–Crippen MR) is 150 cm³/mol. The number of halogens is 1. The molecule has 204 valence electrons. The molecule has 2 N–H and O–H groups in total. The average molecular weight is 549 g/mol. The van der Waals surface area contributed by atoms with Gasteiger partial charge in [-0.1, -0.05) is 42.0 Å². The van der Waals surface area contributed by atoms with E-state index in [-0.39, 0.29) is 0 Å². The Morgan fingerprint density at radius 2 is 2.00 bits per heavy atom. The van der Waals surface area contributed by atoms with Crippen molar-refractivity contribution in [2.75, 3.05) is 19.6 Å². The van der Waals surface area contributed by atoms with Gasteiger partial charge in [0.25, 0.3) is 0 Å². The van der Waals surface area contributed by atoms with Crippen LogP contribution >= 0.6 is 11.6 Å². The van der Waals surface area contributed by atoms with Crippen LogP contribution in [0.1, 0.15) is 44.2 Å². The van der Waals surface area contributed by atoms with E-state index in [9.17, 15) is 15.0 Å². The lowest BCUT2D eigenvalue weighted by molar-refractivity contribution is -0.163. The van der Waals surface area contributed by atoms with Crippen LogP contribution in [0, 0.1) is 0 Å². The smallest absolute Gasteiger partial charge is 0.335 e. The monoisotopic (exact) mass is 548 g/mol. The van der Waals surface area contributed by atoms with E-state index in [1.165, 1.54) is 0 Å². The molecule has 0 radical (unpaired) electrons. The number of carboxylic acid groups (broad SMARTS) is 1. The number of likely N-dealkylation sites (tertiary alicyclic amines) is 1. The van der Waals surface area contributed by atoms with E-state index in [1.54, 1.807) is 20.0 Å². The third-order valence-electron chi connectivity index (χ3n) is 7.54. The molecule has 1 atom stereocenters. The average Bonchev–Trinajstić information content (AvgIpc) is 3.07. The van der Waals surface area contributed by atoms with Crippen molar-refractivity contribution in [3.63, 3.8) is 0 Å². The molecule has 39 heavy (non-hydrogen) atoms. The number of rotatable bonds is 7. The van der Waals surface area contributed by atoms with E-state index in [0.29, 0.717) is 29.5 Å². The minimum absolute atomic E-state index is 0.499. The summed E-state index contributed by atoms with van der Waals surface area (Å²) in [5.74, 6) is 0.0516. The summed E-state index contributed by atoms with van der Waals surface area (Å²) >= 11 is 6.02. The number of piperidine rings is 1. The zero-order valence-electron chi connectivity index (χ0n) is 22.1. The number of hydrogen-bond acceptors (Lipinski definition) is 6. The molecule has 1 saturated heterocycles. The molecule has 1 aromatic carbocycles. The first-order chi connectivity index (χ1) is 18.6. The Labute approximate surface area is 233 Å². The van der Waals surface area contributed by atoms with Gasteiger partial charge in [-0.05, 0) is 80.7 Å². The first-order valence-corrected chi connectivity index (χ1v) is 13.6. The van der Waals surface area contributed by atoms with Gasteiger partial charge in [0.15, 0.2) is 5.60 Å². The van der Waals surface area contributed by atoms with Gasteiger partial charge in [0, 0.05) is 42.0 Å². The fraction of sp³-hybridized carbons (Fsp3) is 0.355. The van der Waals surface area contributed by atoms with Gasteiger partial charge < -0.3 is 24.6 Å². The van der Waals surface area contributed by atoms with Gasteiger partial charge in [0.05, 0.1) is 5.60 Å². The minimum atomic E-state index is -1.37. The number of benzene rings is 1. The number of allylic oxidation sites excluding steroid dienone is 4. The molecular formula is C31H33ClN2O5. The van der Waals surface area contributed by atoms with Crippen LogP contribution < -0.4 is 4.74 Å². The van der Waals surface area contributed by atoms with E-state index < -0.39 is 23.3 Å². The Morgan fingerprint density at radius 1 is 1.26 bits per heavy atom. The standard InChI is InChI=1S/C31H33ClN2O5/c1-30(2,29(35)36)39-27-9-3-8-26-25(27)20-21(24-7-4-16-33-28(24)38-26)6-5-17-34-18-14-31(37,15-19-34)22-10-12-23(32)13-11-22/h3-4,6-13,16,20,27,37H,5,14-15,17-19H2,1-2H3,(H,35,36). The number of carbonyl (C=O) groups is 1. The van der Waals surface area contributed by atoms with Gasteiger partial charge in [-0.2, -0.15) is 0 Å². The molecule has 1 unspecified atom stereocenters. The topological polar surface area (TPSA) is 92.1 Å². The highest BCUT2D eigenvalue weighted by Gasteiger charge is 2.36. The molecule has 1 aliphatic carbocycles. The lowest BCUT2D eigenvalue weighted by atomic mass is 9.84. The second-order valence-electron chi connectivity index (χ2n) is 10.7. The second-order valence-corrected chi connectivity index (χ2v) is 11.1. The van der Waals surface area contributed by atoms with Crippen molar-refractivity contribution < 1.29 is 24.5 Å². The number of hydrogen-bond donors (Lipinski definition) is 2. The maximum Gasteiger partial charge on any atom is 0.335 e. The summed E-state index contributed by atoms with van der Waals surface area (Å²) in [7, 11) is 0. The molecule has 2 aliphatic heterocycles. The molecule has 1 fully saturated rings. The molecule has 0 amide bonds. The van der Waals surface area contributed by atoms with Crippen molar-refractivity contribution >= 4 is 23.1 Å². The molecule has 0 spiro atoms. The molecular weight excluding hydrogens is 516 g/mol. The summed E-state index contributed by atoms with van der Waals surface area (Å²) in [6.45, 7) is 5.51. The highest BCUT2D eigenvalue weighted by atomic mass is 35.5. The Morgan fingerprint density at radius 3 is 2.72 bits per heavy atom. The van der Waals surface area contributed by atoms with Gasteiger partial charge in [-0.3, -0.25) is 0 Å². The summed E-state index contributed by atoms with van der Waals surface area (Å²) in [4.78, 5) is 18.5. The zero-order valence-corrected chi connectivity index (χ0v) is 22.9. The Bertz CT molecular complexity index is 1350. The van der Waals surface area contributed by atoms with Gasteiger partial charge in [0.1, 0.15) is 11.9 Å². The summed E-state index contributed by atoms with van der Waals surface area (Å²) in [5, 5.41) is 21.5.